The summed E-state index contributed by atoms with van der Waals surface area (Å²) in [5.74, 6) is 0.690. The summed E-state index contributed by atoms with van der Waals surface area (Å²) in [5, 5.41) is 5.73. The van der Waals surface area contributed by atoms with E-state index in [2.05, 4.69) is 133 Å². The monoisotopic (exact) mass is 580 g/mol. The van der Waals surface area contributed by atoms with Crippen LogP contribution in [0.2, 0.25) is 0 Å². The van der Waals surface area contributed by atoms with Crippen LogP contribution in [0.25, 0.3) is 87.1 Å². The zero-order valence-corrected chi connectivity index (χ0v) is 24.4. The van der Waals surface area contributed by atoms with E-state index in [1.807, 2.05) is 12.1 Å². The molecule has 9 aromatic rings. The molecule has 0 spiro atoms. The van der Waals surface area contributed by atoms with Gasteiger partial charge in [-0.25, -0.2) is 9.97 Å². The van der Waals surface area contributed by atoms with E-state index in [1.165, 1.54) is 20.9 Å². The molecule has 0 aliphatic rings. The maximum atomic E-state index is 6.30. The molecule has 9 rings (SSSR count). The third-order valence-electron chi connectivity index (χ3n) is 8.29. The zero-order valence-electron chi connectivity index (χ0n) is 23.6. The van der Waals surface area contributed by atoms with Crippen molar-refractivity contribution in [1.82, 2.24) is 9.97 Å². The van der Waals surface area contributed by atoms with Crippen molar-refractivity contribution >= 4 is 54.1 Å². The molecule has 0 aliphatic carbocycles. The molecule has 206 valence electrons. The van der Waals surface area contributed by atoms with E-state index in [4.69, 9.17) is 14.4 Å². The topological polar surface area (TPSA) is 38.9 Å². The number of hydrogen-bond acceptors (Lipinski definition) is 4. The Labute approximate surface area is 257 Å². The third kappa shape index (κ3) is 4.19. The maximum Gasteiger partial charge on any atom is 0.160 e. The van der Waals surface area contributed by atoms with Crippen LogP contribution >= 0.6 is 11.3 Å². The molecule has 0 N–H and O–H groups in total. The summed E-state index contributed by atoms with van der Waals surface area (Å²) in [7, 11) is 0. The highest BCUT2D eigenvalue weighted by Gasteiger charge is 2.17. The first kappa shape index (κ1) is 25.0. The van der Waals surface area contributed by atoms with Crippen molar-refractivity contribution in [2.75, 3.05) is 0 Å². The molecule has 0 unspecified atom stereocenters. The minimum Gasteiger partial charge on any atom is -0.456 e. The van der Waals surface area contributed by atoms with Crippen LogP contribution in [-0.2, 0) is 0 Å². The Balaban J connectivity index is 1.27. The zero-order chi connectivity index (χ0) is 29.0. The summed E-state index contributed by atoms with van der Waals surface area (Å²) < 4.78 is 7.54. The first-order valence-electron chi connectivity index (χ1n) is 14.7. The lowest BCUT2D eigenvalue weighted by Gasteiger charge is -2.12. The van der Waals surface area contributed by atoms with E-state index in [0.29, 0.717) is 5.82 Å². The summed E-state index contributed by atoms with van der Waals surface area (Å²) in [6.45, 7) is 0. The smallest absolute Gasteiger partial charge is 0.160 e. The predicted octanol–water partition coefficient (Wildman–Crippen LogP) is 11.4. The van der Waals surface area contributed by atoms with Gasteiger partial charge in [-0.2, -0.15) is 0 Å². The number of nitrogens with zero attached hydrogens (tertiary/aromatic N) is 2. The lowest BCUT2D eigenvalue weighted by molar-refractivity contribution is 0.669. The van der Waals surface area contributed by atoms with Crippen molar-refractivity contribution < 1.29 is 4.42 Å². The first-order valence-corrected chi connectivity index (χ1v) is 15.5. The quantitative estimate of drug-likeness (QED) is 0.208. The molecule has 0 bridgehead atoms. The van der Waals surface area contributed by atoms with Crippen molar-refractivity contribution in [3.63, 3.8) is 0 Å². The van der Waals surface area contributed by atoms with Gasteiger partial charge >= 0.3 is 0 Å². The Morgan fingerprint density at radius 1 is 0.455 bits per heavy atom. The highest BCUT2D eigenvalue weighted by atomic mass is 32.1. The molecule has 0 amide bonds. The van der Waals surface area contributed by atoms with Gasteiger partial charge in [0, 0.05) is 26.6 Å². The standard InChI is InChI=1S/C40H24N2OS/c1-2-10-25(11-3-1)30-15-7-8-16-31(30)34-24-35(39-23-28-14-6-9-17-38(28)44-39)42-40(41-34)29-18-19-36-32(21-29)33-20-26-12-4-5-13-27(26)22-37(33)43-36/h1-24H. The lowest BCUT2D eigenvalue weighted by atomic mass is 9.97. The van der Waals surface area contributed by atoms with Crippen LogP contribution in [0.3, 0.4) is 0 Å². The van der Waals surface area contributed by atoms with Gasteiger partial charge in [-0.05, 0) is 75.8 Å². The summed E-state index contributed by atoms with van der Waals surface area (Å²) in [4.78, 5) is 11.5. The fourth-order valence-corrected chi connectivity index (χ4v) is 7.15. The number of benzene rings is 6. The maximum absolute atomic E-state index is 6.30. The Hall–Kier alpha value is -5.58. The fourth-order valence-electron chi connectivity index (χ4n) is 6.13. The van der Waals surface area contributed by atoms with Crippen molar-refractivity contribution in [1.29, 1.82) is 0 Å². The van der Waals surface area contributed by atoms with Gasteiger partial charge in [0.1, 0.15) is 11.2 Å². The van der Waals surface area contributed by atoms with E-state index in [9.17, 15) is 0 Å². The van der Waals surface area contributed by atoms with Crippen molar-refractivity contribution in [3.05, 3.63) is 146 Å². The van der Waals surface area contributed by atoms with E-state index in [-0.39, 0.29) is 0 Å². The van der Waals surface area contributed by atoms with E-state index >= 15 is 0 Å². The molecule has 0 atom stereocenters. The van der Waals surface area contributed by atoms with E-state index < -0.39 is 0 Å². The molecular weight excluding hydrogens is 557 g/mol. The second-order valence-corrected chi connectivity index (χ2v) is 12.1. The third-order valence-corrected chi connectivity index (χ3v) is 9.43. The Kier molecular flexibility index (Phi) is 5.68. The van der Waals surface area contributed by atoms with Gasteiger partial charge in [-0.1, -0.05) is 97.1 Å². The number of rotatable bonds is 4. The van der Waals surface area contributed by atoms with Crippen LogP contribution in [-0.4, -0.2) is 9.97 Å². The average Bonchev–Trinajstić information content (AvgIpc) is 3.68. The van der Waals surface area contributed by atoms with Crippen LogP contribution in [0.1, 0.15) is 0 Å². The second kappa shape index (κ2) is 10.0. The second-order valence-electron chi connectivity index (χ2n) is 11.0. The number of aromatic nitrogens is 2. The molecule has 3 heterocycles. The summed E-state index contributed by atoms with van der Waals surface area (Å²) in [5.41, 5.74) is 7.87. The number of fused-ring (bicyclic) bond motifs is 5. The fraction of sp³-hybridized carbons (Fsp3) is 0. The molecular formula is C40H24N2OS. The van der Waals surface area contributed by atoms with Crippen LogP contribution in [0.15, 0.2) is 150 Å². The minimum atomic E-state index is 0.690. The Bertz CT molecular complexity index is 2480. The van der Waals surface area contributed by atoms with Crippen LogP contribution in [0.5, 0.6) is 0 Å². The van der Waals surface area contributed by atoms with E-state index in [1.54, 1.807) is 11.3 Å². The van der Waals surface area contributed by atoms with Crippen molar-refractivity contribution in [2.24, 2.45) is 0 Å². The van der Waals surface area contributed by atoms with Gasteiger partial charge in [-0.3, -0.25) is 0 Å². The van der Waals surface area contributed by atoms with Gasteiger partial charge in [0.2, 0.25) is 0 Å². The van der Waals surface area contributed by atoms with E-state index in [0.717, 1.165) is 60.5 Å². The highest BCUT2D eigenvalue weighted by molar-refractivity contribution is 7.22. The first-order chi connectivity index (χ1) is 21.8. The average molecular weight is 581 g/mol. The summed E-state index contributed by atoms with van der Waals surface area (Å²) in [6, 6.07) is 50.9. The SMILES string of the molecule is c1ccc(-c2ccccc2-c2cc(-c3cc4ccccc4s3)nc(-c3ccc4oc5cc6ccccc6cc5c4c3)n2)cc1. The molecule has 0 radical (unpaired) electrons. The predicted molar refractivity (Wildman–Crippen MR) is 184 cm³/mol. The van der Waals surface area contributed by atoms with Gasteiger partial charge < -0.3 is 4.42 Å². The highest BCUT2D eigenvalue weighted by Crippen LogP contribution is 2.39. The molecule has 44 heavy (non-hydrogen) atoms. The molecule has 0 aliphatic heterocycles. The molecule has 0 fully saturated rings. The largest absolute Gasteiger partial charge is 0.456 e. The van der Waals surface area contributed by atoms with Crippen molar-refractivity contribution in [2.45, 2.75) is 0 Å². The number of furan rings is 1. The van der Waals surface area contributed by atoms with Gasteiger partial charge in [-0.15, -0.1) is 11.3 Å². The van der Waals surface area contributed by atoms with Crippen LogP contribution in [0.4, 0.5) is 0 Å². The summed E-state index contributed by atoms with van der Waals surface area (Å²) >= 11 is 1.76. The number of thiophene rings is 1. The van der Waals surface area contributed by atoms with Crippen molar-refractivity contribution in [3.8, 4) is 44.3 Å². The van der Waals surface area contributed by atoms with Crippen LogP contribution in [0, 0.1) is 0 Å². The van der Waals surface area contributed by atoms with Gasteiger partial charge in [0.15, 0.2) is 5.82 Å². The number of hydrogen-bond donors (Lipinski definition) is 0. The molecule has 3 aromatic heterocycles. The Morgan fingerprint density at radius 3 is 1.98 bits per heavy atom. The molecule has 6 aromatic carbocycles. The molecule has 3 nitrogen and oxygen atoms in total. The van der Waals surface area contributed by atoms with Crippen LogP contribution < -0.4 is 0 Å². The normalized spacial score (nSPS) is 11.6. The lowest BCUT2D eigenvalue weighted by Crippen LogP contribution is -1.96. The Morgan fingerprint density at radius 2 is 1.14 bits per heavy atom. The van der Waals surface area contributed by atoms with Gasteiger partial charge in [0.05, 0.1) is 16.3 Å². The minimum absolute atomic E-state index is 0.690. The van der Waals surface area contributed by atoms with Gasteiger partial charge in [0.25, 0.3) is 0 Å². The summed E-state index contributed by atoms with van der Waals surface area (Å²) in [6.07, 6.45) is 0. The molecule has 0 saturated heterocycles. The molecule has 0 saturated carbocycles. The molecule has 4 heteroatoms.